The zero-order valence-electron chi connectivity index (χ0n) is 3.06. The van der Waals surface area contributed by atoms with Gasteiger partial charge in [-0.15, -0.1) is 17.0 Å². The Morgan fingerprint density at radius 2 is 2.00 bits per heavy atom. The lowest BCUT2D eigenvalue weighted by atomic mass is 10.6. The van der Waals surface area contributed by atoms with Crippen molar-refractivity contribution >= 4 is 17.0 Å². The van der Waals surface area contributed by atoms with Gasteiger partial charge in [-0.05, 0) is 0 Å². The van der Waals surface area contributed by atoms with Crippen LogP contribution < -0.4 is 0 Å². The molecular weight excluding hydrogens is 130 g/mol. The summed E-state index contributed by atoms with van der Waals surface area (Å²) in [6.07, 6.45) is 0.625. The smallest absolute Gasteiger partial charge is 0.0618 e. The van der Waals surface area contributed by atoms with E-state index < -0.39 is 0 Å². The van der Waals surface area contributed by atoms with Crippen molar-refractivity contribution in [1.82, 2.24) is 0 Å². The second-order valence-electron chi connectivity index (χ2n) is 0.512. The Morgan fingerprint density at radius 3 is 2.00 bits per heavy atom. The summed E-state index contributed by atoms with van der Waals surface area (Å²) in [6.45, 7) is 1.82. The monoisotopic (exact) mass is 135 g/mol. The number of halogens is 1. The van der Waals surface area contributed by atoms with Crippen molar-refractivity contribution in [2.45, 2.75) is 13.3 Å². The third kappa shape index (κ3) is 16.4. The number of nitriles is 1. The van der Waals surface area contributed by atoms with Gasteiger partial charge in [-0.3, -0.25) is 0 Å². The molecule has 2 heteroatoms. The molecule has 1 nitrogen and oxygen atoms in total. The lowest BCUT2D eigenvalue weighted by Gasteiger charge is -1.47. The number of hydrogen-bond donors (Lipinski definition) is 0. The van der Waals surface area contributed by atoms with Gasteiger partial charge in [0.25, 0.3) is 0 Å². The summed E-state index contributed by atoms with van der Waals surface area (Å²) in [5, 5.41) is 7.62. The first kappa shape index (κ1) is 8.88. The van der Waals surface area contributed by atoms with Crippen LogP contribution in [-0.4, -0.2) is 0 Å². The van der Waals surface area contributed by atoms with Gasteiger partial charge < -0.3 is 0 Å². The Hall–Kier alpha value is -0.0300. The van der Waals surface area contributed by atoms with Crippen LogP contribution in [0.4, 0.5) is 0 Å². The summed E-state index contributed by atoms with van der Waals surface area (Å²) < 4.78 is 0. The lowest BCUT2D eigenvalue weighted by Crippen LogP contribution is -1.38. The Balaban J connectivity index is 0. The predicted octanol–water partition coefficient (Wildman–Crippen LogP) is 1.50. The molecule has 0 aliphatic rings. The van der Waals surface area contributed by atoms with Gasteiger partial charge in [0.1, 0.15) is 0 Å². The molecule has 0 aromatic heterocycles. The van der Waals surface area contributed by atoms with E-state index in [9.17, 15) is 0 Å². The fourth-order valence-corrected chi connectivity index (χ4v) is 0. The molecule has 0 aliphatic carbocycles. The van der Waals surface area contributed by atoms with Crippen LogP contribution in [0.15, 0.2) is 0 Å². The first-order valence-corrected chi connectivity index (χ1v) is 1.28. The summed E-state index contributed by atoms with van der Waals surface area (Å²) in [5.74, 6) is 0. The molecule has 0 radical (unpaired) electrons. The summed E-state index contributed by atoms with van der Waals surface area (Å²) in [4.78, 5) is 0. The predicted molar refractivity (Wildman–Crippen MR) is 26.2 cm³/mol. The number of hydrogen-bond acceptors (Lipinski definition) is 1. The minimum Gasteiger partial charge on any atom is -0.198 e. The van der Waals surface area contributed by atoms with Gasteiger partial charge in [-0.1, -0.05) is 6.92 Å². The SMILES string of the molecule is Br.CCC#N. The van der Waals surface area contributed by atoms with Gasteiger partial charge in [0.05, 0.1) is 6.07 Å². The average Bonchev–Trinajstić information content (AvgIpc) is 1.37. The van der Waals surface area contributed by atoms with Crippen molar-refractivity contribution in [2.75, 3.05) is 0 Å². The molecule has 0 heterocycles. The summed E-state index contributed by atoms with van der Waals surface area (Å²) >= 11 is 0. The van der Waals surface area contributed by atoms with Gasteiger partial charge in [0.2, 0.25) is 0 Å². The van der Waals surface area contributed by atoms with Crippen molar-refractivity contribution in [3.8, 4) is 6.07 Å². The highest BCUT2D eigenvalue weighted by atomic mass is 79.9. The van der Waals surface area contributed by atoms with Gasteiger partial charge in [0, 0.05) is 6.42 Å². The summed E-state index contributed by atoms with van der Waals surface area (Å²) in [6, 6.07) is 1.93. The Kier molecular flexibility index (Phi) is 16.0. The average molecular weight is 136 g/mol. The molecule has 30 valence electrons. The topological polar surface area (TPSA) is 23.8 Å². The van der Waals surface area contributed by atoms with Crippen LogP contribution in [0.5, 0.6) is 0 Å². The highest BCUT2D eigenvalue weighted by molar-refractivity contribution is 8.93. The molecule has 0 amide bonds. The minimum atomic E-state index is 0. The van der Waals surface area contributed by atoms with E-state index >= 15 is 0 Å². The van der Waals surface area contributed by atoms with E-state index in [2.05, 4.69) is 0 Å². The van der Waals surface area contributed by atoms with Crippen molar-refractivity contribution in [2.24, 2.45) is 0 Å². The summed E-state index contributed by atoms with van der Waals surface area (Å²) in [5.41, 5.74) is 0. The first-order chi connectivity index (χ1) is 1.91. The Morgan fingerprint density at radius 1 is 1.80 bits per heavy atom. The zero-order valence-corrected chi connectivity index (χ0v) is 4.78. The molecular formula is C3H6BrN. The highest BCUT2D eigenvalue weighted by Crippen LogP contribution is 1.58. The van der Waals surface area contributed by atoms with Crippen LogP contribution in [-0.2, 0) is 0 Å². The Labute approximate surface area is 42.4 Å². The van der Waals surface area contributed by atoms with E-state index in [0.29, 0.717) is 6.42 Å². The van der Waals surface area contributed by atoms with Crippen LogP contribution in [0, 0.1) is 11.3 Å². The maximum Gasteiger partial charge on any atom is 0.0618 e. The first-order valence-electron chi connectivity index (χ1n) is 1.28. The summed E-state index contributed by atoms with van der Waals surface area (Å²) in [7, 11) is 0. The maximum atomic E-state index is 7.62. The molecule has 0 aromatic carbocycles. The van der Waals surface area contributed by atoms with E-state index in [-0.39, 0.29) is 17.0 Å². The van der Waals surface area contributed by atoms with Gasteiger partial charge in [-0.2, -0.15) is 5.26 Å². The van der Waals surface area contributed by atoms with Crippen molar-refractivity contribution in [3.63, 3.8) is 0 Å². The molecule has 0 atom stereocenters. The second-order valence-corrected chi connectivity index (χ2v) is 0.512. The van der Waals surface area contributed by atoms with E-state index in [1.54, 1.807) is 0 Å². The zero-order chi connectivity index (χ0) is 3.41. The van der Waals surface area contributed by atoms with E-state index in [1.807, 2.05) is 13.0 Å². The third-order valence-electron chi connectivity index (χ3n) is 0.158. The van der Waals surface area contributed by atoms with Gasteiger partial charge in [0.15, 0.2) is 0 Å². The second kappa shape index (κ2) is 9.02. The molecule has 0 saturated heterocycles. The third-order valence-corrected chi connectivity index (χ3v) is 0.158. The maximum absolute atomic E-state index is 7.62. The van der Waals surface area contributed by atoms with Crippen LogP contribution in [0.25, 0.3) is 0 Å². The molecule has 0 saturated carbocycles. The standard InChI is InChI=1S/C3H5N.BrH/c1-2-3-4;/h2H2,1H3;1H. The van der Waals surface area contributed by atoms with E-state index in [1.165, 1.54) is 0 Å². The van der Waals surface area contributed by atoms with Crippen LogP contribution in [0.1, 0.15) is 13.3 Å². The molecule has 0 fully saturated rings. The normalized spacial score (nSPS) is 4.00. The minimum absolute atomic E-state index is 0. The van der Waals surface area contributed by atoms with Gasteiger partial charge >= 0.3 is 0 Å². The van der Waals surface area contributed by atoms with E-state index in [4.69, 9.17) is 5.26 Å². The molecule has 0 spiro atoms. The number of nitrogens with zero attached hydrogens (tertiary/aromatic N) is 1. The fourth-order valence-electron chi connectivity index (χ4n) is 0. The van der Waals surface area contributed by atoms with Crippen molar-refractivity contribution < 1.29 is 0 Å². The quantitative estimate of drug-likeness (QED) is 0.494. The van der Waals surface area contributed by atoms with Crippen LogP contribution in [0.3, 0.4) is 0 Å². The fraction of sp³-hybridized carbons (Fsp3) is 0.667. The molecule has 0 rings (SSSR count). The van der Waals surface area contributed by atoms with Gasteiger partial charge in [-0.25, -0.2) is 0 Å². The number of rotatable bonds is 0. The van der Waals surface area contributed by atoms with Crippen LogP contribution >= 0.6 is 17.0 Å². The molecule has 0 aromatic rings. The molecule has 0 aliphatic heterocycles. The van der Waals surface area contributed by atoms with Crippen molar-refractivity contribution in [3.05, 3.63) is 0 Å². The molecule has 0 unspecified atom stereocenters. The highest BCUT2D eigenvalue weighted by Gasteiger charge is 1.49. The molecule has 0 N–H and O–H groups in total. The largest absolute Gasteiger partial charge is 0.198 e. The lowest BCUT2D eigenvalue weighted by molar-refractivity contribution is 1.22. The van der Waals surface area contributed by atoms with Crippen LogP contribution in [0.2, 0.25) is 0 Å². The molecule has 5 heavy (non-hydrogen) atoms. The van der Waals surface area contributed by atoms with E-state index in [0.717, 1.165) is 0 Å². The molecule has 0 bridgehead atoms. The van der Waals surface area contributed by atoms with Crippen molar-refractivity contribution in [1.29, 1.82) is 5.26 Å². The Bertz CT molecular complexity index is 36.6.